The first-order valence-corrected chi connectivity index (χ1v) is 8.98. The zero-order valence-corrected chi connectivity index (χ0v) is 14.9. The molecule has 7 heteroatoms. The van der Waals surface area contributed by atoms with Gasteiger partial charge in [0.15, 0.2) is 5.78 Å². The molecule has 1 atom stereocenters. The number of amides is 1. The maximum absolute atomic E-state index is 13.0. The summed E-state index contributed by atoms with van der Waals surface area (Å²) in [5, 5.41) is 7.43. The third-order valence-corrected chi connectivity index (χ3v) is 5.48. The lowest BCUT2D eigenvalue weighted by Gasteiger charge is -2.22. The second-order valence-electron chi connectivity index (χ2n) is 5.87. The Kier molecular flexibility index (Phi) is 3.94. The van der Waals surface area contributed by atoms with Gasteiger partial charge in [0.2, 0.25) is 5.91 Å². The molecule has 0 saturated heterocycles. The Labute approximate surface area is 153 Å². The third kappa shape index (κ3) is 2.77. The van der Waals surface area contributed by atoms with Gasteiger partial charge in [-0.25, -0.2) is 4.68 Å². The van der Waals surface area contributed by atoms with Gasteiger partial charge >= 0.3 is 0 Å². The van der Waals surface area contributed by atoms with Crippen LogP contribution in [0.25, 0.3) is 5.69 Å². The molecule has 0 radical (unpaired) electrons. The molecule has 5 nitrogen and oxygen atoms in total. The van der Waals surface area contributed by atoms with Crippen LogP contribution in [0.4, 0.5) is 5.82 Å². The number of halogens is 1. The fraction of sp³-hybridized carbons (Fsp3) is 0.167. The highest BCUT2D eigenvalue weighted by molar-refractivity contribution is 7.18. The average molecular weight is 372 g/mol. The molecule has 0 bridgehead atoms. The quantitative estimate of drug-likeness (QED) is 0.701. The highest BCUT2D eigenvalue weighted by atomic mass is 35.5. The molecule has 25 heavy (non-hydrogen) atoms. The van der Waals surface area contributed by atoms with Gasteiger partial charge < -0.3 is 5.32 Å². The largest absolute Gasteiger partial charge is 0.310 e. The summed E-state index contributed by atoms with van der Waals surface area (Å²) < 4.78 is 2.24. The predicted molar refractivity (Wildman–Crippen MR) is 97.9 cm³/mol. The van der Waals surface area contributed by atoms with Gasteiger partial charge in [-0.3, -0.25) is 9.59 Å². The van der Waals surface area contributed by atoms with Crippen LogP contribution in [0.3, 0.4) is 0 Å². The number of aromatic nitrogens is 2. The summed E-state index contributed by atoms with van der Waals surface area (Å²) in [5.41, 5.74) is 2.34. The van der Waals surface area contributed by atoms with Gasteiger partial charge in [0.05, 0.1) is 26.5 Å². The van der Waals surface area contributed by atoms with Crippen molar-refractivity contribution in [2.45, 2.75) is 19.3 Å². The minimum absolute atomic E-state index is 0.0938. The van der Waals surface area contributed by atoms with Crippen molar-refractivity contribution in [1.82, 2.24) is 9.78 Å². The molecule has 3 aromatic rings. The summed E-state index contributed by atoms with van der Waals surface area (Å²) in [5.74, 6) is -0.258. The van der Waals surface area contributed by atoms with Crippen LogP contribution >= 0.6 is 22.9 Å². The Morgan fingerprint density at radius 2 is 2.04 bits per heavy atom. The number of thiophene rings is 1. The third-order valence-electron chi connectivity index (χ3n) is 4.24. The summed E-state index contributed by atoms with van der Waals surface area (Å²) in [6, 6.07) is 12.9. The average Bonchev–Trinajstić information content (AvgIpc) is 3.18. The number of hydrogen-bond acceptors (Lipinski definition) is 4. The molecule has 1 aliphatic heterocycles. The van der Waals surface area contributed by atoms with Crippen LogP contribution in [0, 0.1) is 6.92 Å². The van der Waals surface area contributed by atoms with Gasteiger partial charge in [-0.05, 0) is 31.2 Å². The first-order valence-electron chi connectivity index (χ1n) is 7.79. The smallest absolute Gasteiger partial charge is 0.226 e. The molecule has 126 valence electrons. The van der Waals surface area contributed by atoms with Gasteiger partial charge in [-0.2, -0.15) is 5.10 Å². The number of nitrogens with one attached hydrogen (secondary N) is 1. The first kappa shape index (κ1) is 16.1. The molecule has 3 heterocycles. The Bertz CT molecular complexity index is 978. The number of hydrogen-bond donors (Lipinski definition) is 1. The number of benzene rings is 1. The minimum Gasteiger partial charge on any atom is -0.310 e. The van der Waals surface area contributed by atoms with Gasteiger partial charge in [0, 0.05) is 12.0 Å². The van der Waals surface area contributed by atoms with E-state index < -0.39 is 5.92 Å². The van der Waals surface area contributed by atoms with Crippen molar-refractivity contribution >= 4 is 40.4 Å². The zero-order valence-electron chi connectivity index (χ0n) is 13.3. The van der Waals surface area contributed by atoms with E-state index in [9.17, 15) is 9.59 Å². The number of anilines is 1. The fourth-order valence-electron chi connectivity index (χ4n) is 3.15. The van der Waals surface area contributed by atoms with E-state index in [0.717, 1.165) is 16.9 Å². The van der Waals surface area contributed by atoms with Gasteiger partial charge in [-0.1, -0.05) is 29.8 Å². The van der Waals surface area contributed by atoms with Crippen LogP contribution < -0.4 is 5.32 Å². The number of rotatable bonds is 3. The molecule has 1 unspecified atom stereocenters. The highest BCUT2D eigenvalue weighted by Crippen LogP contribution is 2.39. The molecular formula is C18H14ClN3O2S. The molecule has 0 spiro atoms. The number of para-hydroxylation sites is 1. The van der Waals surface area contributed by atoms with Crippen molar-refractivity contribution in [2.24, 2.45) is 0 Å². The summed E-state index contributed by atoms with van der Waals surface area (Å²) >= 11 is 7.19. The van der Waals surface area contributed by atoms with Crippen molar-refractivity contribution in [3.05, 3.63) is 62.9 Å². The number of aryl methyl sites for hydroxylation is 1. The predicted octanol–water partition coefficient (Wildman–Crippen LogP) is 4.20. The number of nitrogens with zero attached hydrogens (tertiary/aromatic N) is 2. The maximum atomic E-state index is 13.0. The van der Waals surface area contributed by atoms with E-state index in [0.29, 0.717) is 15.0 Å². The molecule has 1 aliphatic rings. The van der Waals surface area contributed by atoms with Crippen molar-refractivity contribution in [3.8, 4) is 5.69 Å². The van der Waals surface area contributed by atoms with Crippen molar-refractivity contribution in [1.29, 1.82) is 0 Å². The lowest BCUT2D eigenvalue weighted by molar-refractivity contribution is -0.116. The molecule has 0 fully saturated rings. The number of fused-ring (bicyclic) bond motifs is 1. The Balaban J connectivity index is 1.83. The minimum atomic E-state index is -0.545. The van der Waals surface area contributed by atoms with E-state index in [1.165, 1.54) is 11.3 Å². The summed E-state index contributed by atoms with van der Waals surface area (Å²) in [6.45, 7) is 1.86. The Morgan fingerprint density at radius 3 is 2.72 bits per heavy atom. The van der Waals surface area contributed by atoms with Crippen molar-refractivity contribution in [2.75, 3.05) is 5.32 Å². The SMILES string of the molecule is Cc1nn(-c2ccccc2)c2c1C(C(=O)c1ccc(Cl)s1)CC(=O)N2. The monoisotopic (exact) mass is 371 g/mol. The number of ketones is 1. The topological polar surface area (TPSA) is 64.0 Å². The Morgan fingerprint density at radius 1 is 1.28 bits per heavy atom. The maximum Gasteiger partial charge on any atom is 0.226 e. The van der Waals surface area contributed by atoms with Crippen LogP contribution in [0.1, 0.15) is 33.3 Å². The number of Topliss-reactive ketones (excluding diaryl/α,β-unsaturated/α-hetero) is 1. The highest BCUT2D eigenvalue weighted by Gasteiger charge is 2.36. The molecule has 4 rings (SSSR count). The van der Waals surface area contributed by atoms with Gasteiger partial charge in [0.1, 0.15) is 5.82 Å². The second kappa shape index (κ2) is 6.13. The molecule has 2 aromatic heterocycles. The van der Waals surface area contributed by atoms with Gasteiger partial charge in [0.25, 0.3) is 0 Å². The molecule has 0 aliphatic carbocycles. The van der Waals surface area contributed by atoms with E-state index in [1.54, 1.807) is 16.8 Å². The molecule has 1 N–H and O–H groups in total. The second-order valence-corrected chi connectivity index (χ2v) is 7.58. The van der Waals surface area contributed by atoms with E-state index >= 15 is 0 Å². The first-order chi connectivity index (χ1) is 12.0. The van der Waals surface area contributed by atoms with Gasteiger partial charge in [-0.15, -0.1) is 11.3 Å². The summed E-state index contributed by atoms with van der Waals surface area (Å²) in [7, 11) is 0. The lowest BCUT2D eigenvalue weighted by atomic mass is 9.87. The van der Waals surface area contributed by atoms with Crippen molar-refractivity contribution in [3.63, 3.8) is 0 Å². The Hall–Kier alpha value is -2.44. The summed E-state index contributed by atoms with van der Waals surface area (Å²) in [4.78, 5) is 25.8. The van der Waals surface area contributed by atoms with E-state index in [1.807, 2.05) is 37.3 Å². The summed E-state index contributed by atoms with van der Waals surface area (Å²) in [6.07, 6.45) is 0.114. The lowest BCUT2D eigenvalue weighted by Crippen LogP contribution is -2.28. The van der Waals surface area contributed by atoms with E-state index in [-0.39, 0.29) is 18.1 Å². The van der Waals surface area contributed by atoms with E-state index in [2.05, 4.69) is 10.4 Å². The van der Waals surface area contributed by atoms with Crippen LogP contribution in [0.2, 0.25) is 4.34 Å². The molecule has 1 aromatic carbocycles. The van der Waals surface area contributed by atoms with E-state index in [4.69, 9.17) is 11.6 Å². The normalized spacial score (nSPS) is 16.4. The number of carbonyl (C=O) groups is 2. The van der Waals surface area contributed by atoms with Crippen molar-refractivity contribution < 1.29 is 9.59 Å². The molecular weight excluding hydrogens is 358 g/mol. The fourth-order valence-corrected chi connectivity index (χ4v) is 4.18. The van der Waals surface area contributed by atoms with Crippen LogP contribution in [0.15, 0.2) is 42.5 Å². The number of carbonyl (C=O) groups excluding carboxylic acids is 2. The standard InChI is InChI=1S/C18H14ClN3O2S/c1-10-16-12(17(24)13-7-8-14(19)25-13)9-15(23)20-18(16)22(21-10)11-5-3-2-4-6-11/h2-8,12H,9H2,1H3,(H,20,23). The zero-order chi connectivity index (χ0) is 17.6. The van der Waals surface area contributed by atoms with Crippen LogP contribution in [-0.4, -0.2) is 21.5 Å². The molecule has 0 saturated carbocycles. The van der Waals surface area contributed by atoms with Crippen LogP contribution in [0.5, 0.6) is 0 Å². The van der Waals surface area contributed by atoms with Crippen LogP contribution in [-0.2, 0) is 4.79 Å². The molecule has 1 amide bonds.